The highest BCUT2D eigenvalue weighted by Crippen LogP contribution is 2.30. The summed E-state index contributed by atoms with van der Waals surface area (Å²) >= 11 is 0. The van der Waals surface area contributed by atoms with Crippen LogP contribution in [0, 0.1) is 5.92 Å². The van der Waals surface area contributed by atoms with Crippen molar-refractivity contribution in [1.29, 1.82) is 0 Å². The smallest absolute Gasteiger partial charge is 0.122 e. The van der Waals surface area contributed by atoms with Crippen LogP contribution in [0.15, 0.2) is 18.2 Å². The first-order chi connectivity index (χ1) is 13.4. The van der Waals surface area contributed by atoms with Crippen LogP contribution in [0.3, 0.4) is 0 Å². The standard InChI is InChI=1S/C24H38N2O/c1-3-9-21(10-4-1)19-26-17-13-23-22(20-26)11-7-12-24(23)27-18-8-16-25-14-5-2-6-15-25/h7,11-12,21H,1-6,8-10,13-20H2. The third kappa shape index (κ3) is 5.48. The molecule has 27 heavy (non-hydrogen) atoms. The van der Waals surface area contributed by atoms with Crippen LogP contribution in [0.25, 0.3) is 0 Å². The second kappa shape index (κ2) is 9.93. The highest BCUT2D eigenvalue weighted by Gasteiger charge is 2.23. The Balaban J connectivity index is 1.25. The minimum atomic E-state index is 0.860. The number of ether oxygens (including phenoxy) is 1. The summed E-state index contributed by atoms with van der Waals surface area (Å²) in [4.78, 5) is 5.30. The number of likely N-dealkylation sites (tertiary alicyclic amines) is 1. The van der Waals surface area contributed by atoms with Gasteiger partial charge in [0.25, 0.3) is 0 Å². The molecule has 0 aromatic heterocycles. The van der Waals surface area contributed by atoms with E-state index in [1.54, 1.807) is 0 Å². The number of hydrogen-bond donors (Lipinski definition) is 0. The fourth-order valence-electron chi connectivity index (χ4n) is 5.31. The topological polar surface area (TPSA) is 15.7 Å². The summed E-state index contributed by atoms with van der Waals surface area (Å²) in [5.41, 5.74) is 2.99. The van der Waals surface area contributed by atoms with Crippen LogP contribution in [0.5, 0.6) is 5.75 Å². The van der Waals surface area contributed by atoms with Crippen LogP contribution in [-0.4, -0.2) is 49.1 Å². The lowest BCUT2D eigenvalue weighted by atomic mass is 9.88. The first-order valence-electron chi connectivity index (χ1n) is 11.6. The zero-order chi connectivity index (χ0) is 18.3. The average molecular weight is 371 g/mol. The SMILES string of the molecule is c1cc2c(c(OCCCN3CCCCC3)c1)CCN(CC1CCCCC1)C2. The van der Waals surface area contributed by atoms with Crippen LogP contribution in [0.4, 0.5) is 0 Å². The molecule has 2 aliphatic heterocycles. The molecule has 3 aliphatic rings. The third-order valence-electron chi connectivity index (χ3n) is 6.87. The van der Waals surface area contributed by atoms with Gasteiger partial charge in [-0.3, -0.25) is 4.90 Å². The zero-order valence-electron chi connectivity index (χ0n) is 17.1. The maximum atomic E-state index is 6.24. The van der Waals surface area contributed by atoms with E-state index in [2.05, 4.69) is 28.0 Å². The highest BCUT2D eigenvalue weighted by molar-refractivity contribution is 5.41. The zero-order valence-corrected chi connectivity index (χ0v) is 17.1. The van der Waals surface area contributed by atoms with Gasteiger partial charge < -0.3 is 9.64 Å². The van der Waals surface area contributed by atoms with Gasteiger partial charge in [-0.15, -0.1) is 0 Å². The van der Waals surface area contributed by atoms with Gasteiger partial charge in [0, 0.05) is 26.2 Å². The van der Waals surface area contributed by atoms with Gasteiger partial charge in [0.15, 0.2) is 0 Å². The van der Waals surface area contributed by atoms with E-state index in [1.807, 2.05) is 0 Å². The highest BCUT2D eigenvalue weighted by atomic mass is 16.5. The lowest BCUT2D eigenvalue weighted by Gasteiger charge is -2.34. The summed E-state index contributed by atoms with van der Waals surface area (Å²) in [6.07, 6.45) is 13.7. The molecule has 1 saturated heterocycles. The Labute approximate surface area is 166 Å². The molecule has 0 amide bonds. The van der Waals surface area contributed by atoms with Gasteiger partial charge in [-0.2, -0.15) is 0 Å². The summed E-state index contributed by atoms with van der Waals surface area (Å²) in [6.45, 7) is 8.27. The normalized spacial score (nSPS) is 22.5. The summed E-state index contributed by atoms with van der Waals surface area (Å²) in [5.74, 6) is 2.10. The Hall–Kier alpha value is -1.06. The van der Waals surface area contributed by atoms with Crippen LogP contribution in [0.2, 0.25) is 0 Å². The first-order valence-corrected chi connectivity index (χ1v) is 11.6. The van der Waals surface area contributed by atoms with Gasteiger partial charge in [0.05, 0.1) is 6.61 Å². The first kappa shape index (κ1) is 19.3. The van der Waals surface area contributed by atoms with Crippen molar-refractivity contribution in [3.05, 3.63) is 29.3 Å². The van der Waals surface area contributed by atoms with Gasteiger partial charge in [-0.25, -0.2) is 0 Å². The monoisotopic (exact) mass is 370 g/mol. The van der Waals surface area contributed by atoms with Gasteiger partial charge in [0.2, 0.25) is 0 Å². The number of rotatable bonds is 7. The number of benzene rings is 1. The van der Waals surface area contributed by atoms with E-state index in [1.165, 1.54) is 95.2 Å². The van der Waals surface area contributed by atoms with Crippen LogP contribution in [0.1, 0.15) is 68.9 Å². The predicted molar refractivity (Wildman–Crippen MR) is 112 cm³/mol. The molecular formula is C24H38N2O. The van der Waals surface area contributed by atoms with Crippen LogP contribution in [-0.2, 0) is 13.0 Å². The molecule has 1 aromatic rings. The predicted octanol–water partition coefficient (Wildman–Crippen LogP) is 4.88. The molecule has 1 saturated carbocycles. The fraction of sp³-hybridized carbons (Fsp3) is 0.750. The van der Waals surface area contributed by atoms with Gasteiger partial charge in [-0.05, 0) is 74.7 Å². The number of fused-ring (bicyclic) bond motifs is 1. The maximum absolute atomic E-state index is 6.24. The Morgan fingerprint density at radius 2 is 1.70 bits per heavy atom. The lowest BCUT2D eigenvalue weighted by Crippen LogP contribution is -2.35. The van der Waals surface area contributed by atoms with Crippen molar-refractivity contribution in [2.24, 2.45) is 5.92 Å². The molecule has 2 heterocycles. The summed E-state index contributed by atoms with van der Waals surface area (Å²) < 4.78 is 6.24. The van der Waals surface area contributed by atoms with Crippen molar-refractivity contribution in [3.63, 3.8) is 0 Å². The molecule has 2 fully saturated rings. The Bertz CT molecular complexity index is 576. The Kier molecular flexibility index (Phi) is 7.09. The molecule has 3 heteroatoms. The fourth-order valence-corrected chi connectivity index (χ4v) is 5.31. The quantitative estimate of drug-likeness (QED) is 0.636. The molecule has 3 nitrogen and oxygen atoms in total. The van der Waals surface area contributed by atoms with Crippen molar-refractivity contribution in [1.82, 2.24) is 9.80 Å². The Morgan fingerprint density at radius 1 is 0.889 bits per heavy atom. The maximum Gasteiger partial charge on any atom is 0.122 e. The van der Waals surface area contributed by atoms with Crippen molar-refractivity contribution in [3.8, 4) is 5.75 Å². The van der Waals surface area contributed by atoms with Crippen LogP contribution >= 0.6 is 0 Å². The number of hydrogen-bond acceptors (Lipinski definition) is 3. The molecule has 1 aliphatic carbocycles. The van der Waals surface area contributed by atoms with Gasteiger partial charge >= 0.3 is 0 Å². The van der Waals surface area contributed by atoms with E-state index in [4.69, 9.17) is 4.74 Å². The molecule has 4 rings (SSSR count). The third-order valence-corrected chi connectivity index (χ3v) is 6.87. The summed E-state index contributed by atoms with van der Waals surface area (Å²) in [6, 6.07) is 6.71. The largest absolute Gasteiger partial charge is 0.493 e. The number of piperidine rings is 1. The Morgan fingerprint density at radius 3 is 2.56 bits per heavy atom. The van der Waals surface area contributed by atoms with E-state index < -0.39 is 0 Å². The molecule has 1 aromatic carbocycles. The van der Waals surface area contributed by atoms with Crippen molar-refractivity contribution >= 4 is 0 Å². The molecule has 150 valence electrons. The average Bonchev–Trinajstić information content (AvgIpc) is 2.72. The minimum Gasteiger partial charge on any atom is -0.493 e. The van der Waals surface area contributed by atoms with Gasteiger partial charge in [0.1, 0.15) is 5.75 Å². The molecule has 0 radical (unpaired) electrons. The minimum absolute atomic E-state index is 0.860. The molecule has 0 bridgehead atoms. The molecule has 0 atom stereocenters. The van der Waals surface area contributed by atoms with E-state index >= 15 is 0 Å². The van der Waals surface area contributed by atoms with E-state index in [-0.39, 0.29) is 0 Å². The summed E-state index contributed by atoms with van der Waals surface area (Å²) in [7, 11) is 0. The van der Waals surface area contributed by atoms with Gasteiger partial charge in [-0.1, -0.05) is 37.8 Å². The van der Waals surface area contributed by atoms with Crippen LogP contribution < -0.4 is 4.74 Å². The van der Waals surface area contributed by atoms with Crippen molar-refractivity contribution in [2.45, 2.75) is 70.8 Å². The van der Waals surface area contributed by atoms with E-state index in [9.17, 15) is 0 Å². The summed E-state index contributed by atoms with van der Waals surface area (Å²) in [5, 5.41) is 0. The molecule has 0 N–H and O–H groups in total. The molecule has 0 unspecified atom stereocenters. The van der Waals surface area contributed by atoms with E-state index in [0.29, 0.717) is 0 Å². The second-order valence-electron chi connectivity index (χ2n) is 8.99. The lowest BCUT2D eigenvalue weighted by molar-refractivity contribution is 0.183. The van der Waals surface area contributed by atoms with E-state index in [0.717, 1.165) is 37.7 Å². The molecule has 0 spiro atoms. The molecular weight excluding hydrogens is 332 g/mol. The second-order valence-corrected chi connectivity index (χ2v) is 8.99. The van der Waals surface area contributed by atoms with Crippen molar-refractivity contribution in [2.75, 3.05) is 39.3 Å². The van der Waals surface area contributed by atoms with Crippen molar-refractivity contribution < 1.29 is 4.74 Å². The number of nitrogens with zero attached hydrogens (tertiary/aromatic N) is 2.